The third-order valence-electron chi connectivity index (χ3n) is 4.15. The fourth-order valence-corrected chi connectivity index (χ4v) is 2.47. The maximum atomic E-state index is 12.6. The van der Waals surface area contributed by atoms with Crippen molar-refractivity contribution in [3.63, 3.8) is 0 Å². The van der Waals surface area contributed by atoms with Gasteiger partial charge in [-0.3, -0.25) is 29.0 Å². The Bertz CT molecular complexity index is 800. The zero-order chi connectivity index (χ0) is 26.4. The normalized spacial score (nSPS) is 13.9. The first-order chi connectivity index (χ1) is 15.8. The van der Waals surface area contributed by atoms with Crippen LogP contribution >= 0.6 is 0 Å². The molecule has 4 amide bonds. The average molecular weight is 490 g/mol. The molecule has 0 saturated heterocycles. The summed E-state index contributed by atoms with van der Waals surface area (Å²) in [6.07, 6.45) is -1.42. The molecule has 0 spiro atoms. The zero-order valence-electron chi connectivity index (χ0n) is 18.1. The molecule has 0 fully saturated rings. The molecule has 14 N–H and O–H groups in total. The number of guanidine groups is 1. The van der Waals surface area contributed by atoms with Gasteiger partial charge in [-0.2, -0.15) is 0 Å². The number of amides is 4. The molecule has 192 valence electrons. The number of hydrogen-bond donors (Lipinski definition) is 10. The first-order valence-electron chi connectivity index (χ1n) is 9.84. The zero-order valence-corrected chi connectivity index (χ0v) is 18.1. The van der Waals surface area contributed by atoms with Crippen LogP contribution < -0.4 is 38.9 Å². The summed E-state index contributed by atoms with van der Waals surface area (Å²) < 4.78 is 0. The van der Waals surface area contributed by atoms with Crippen LogP contribution in [0.25, 0.3) is 0 Å². The van der Waals surface area contributed by atoms with Crippen molar-refractivity contribution in [3.05, 3.63) is 0 Å². The van der Waals surface area contributed by atoms with E-state index in [0.717, 1.165) is 0 Å². The van der Waals surface area contributed by atoms with Gasteiger partial charge in [-0.25, -0.2) is 4.79 Å². The molecule has 0 aliphatic carbocycles. The number of carboxylic acid groups (broad SMARTS) is 2. The van der Waals surface area contributed by atoms with Gasteiger partial charge in [-0.05, 0) is 12.8 Å². The summed E-state index contributed by atoms with van der Waals surface area (Å²) in [5, 5.41) is 33.6. The minimum atomic E-state index is -1.68. The predicted octanol–water partition coefficient (Wildman–Crippen LogP) is -5.75. The highest BCUT2D eigenvalue weighted by molar-refractivity contribution is 5.95. The van der Waals surface area contributed by atoms with Crippen LogP contribution in [-0.4, -0.2) is 94.2 Å². The molecule has 17 nitrogen and oxygen atoms in total. The summed E-state index contributed by atoms with van der Waals surface area (Å²) in [5.74, 6) is -7.24. The molecule has 0 saturated carbocycles. The fourth-order valence-electron chi connectivity index (χ4n) is 2.47. The number of nitrogens with one attached hydrogen (secondary N) is 3. The average Bonchev–Trinajstić information content (AvgIpc) is 2.71. The molecule has 0 heterocycles. The van der Waals surface area contributed by atoms with Crippen molar-refractivity contribution in [1.82, 2.24) is 16.0 Å². The number of hydrogen-bond acceptors (Lipinski definition) is 9. The van der Waals surface area contributed by atoms with E-state index in [1.54, 1.807) is 0 Å². The number of aliphatic hydroxyl groups excluding tert-OH is 1. The van der Waals surface area contributed by atoms with E-state index in [0.29, 0.717) is 0 Å². The Kier molecular flexibility index (Phi) is 13.2. The Balaban J connectivity index is 5.43. The van der Waals surface area contributed by atoms with E-state index in [4.69, 9.17) is 33.1 Å². The molecule has 0 aliphatic rings. The number of carboxylic acids is 2. The van der Waals surface area contributed by atoms with Gasteiger partial charge in [0.15, 0.2) is 5.96 Å². The molecular formula is C17H30N8O9. The Morgan fingerprint density at radius 1 is 0.794 bits per heavy atom. The van der Waals surface area contributed by atoms with Crippen LogP contribution in [0.2, 0.25) is 0 Å². The number of rotatable bonds is 16. The second-order valence-corrected chi connectivity index (χ2v) is 7.03. The lowest BCUT2D eigenvalue weighted by Crippen LogP contribution is -2.58. The maximum absolute atomic E-state index is 12.6. The van der Waals surface area contributed by atoms with Crippen LogP contribution in [0.3, 0.4) is 0 Å². The summed E-state index contributed by atoms with van der Waals surface area (Å²) in [6.45, 7) is -0.880. The van der Waals surface area contributed by atoms with Crippen molar-refractivity contribution >= 4 is 41.5 Å². The minimum absolute atomic E-state index is 0.0514. The van der Waals surface area contributed by atoms with Crippen molar-refractivity contribution in [2.24, 2.45) is 27.9 Å². The van der Waals surface area contributed by atoms with Gasteiger partial charge in [0.1, 0.15) is 18.1 Å². The summed E-state index contributed by atoms with van der Waals surface area (Å²) in [5.41, 5.74) is 20.8. The van der Waals surface area contributed by atoms with Gasteiger partial charge < -0.3 is 54.2 Å². The summed E-state index contributed by atoms with van der Waals surface area (Å²) in [6, 6.07) is -6.19. The number of aliphatic carboxylic acids is 2. The summed E-state index contributed by atoms with van der Waals surface area (Å²) in [7, 11) is 0. The Morgan fingerprint density at radius 3 is 1.79 bits per heavy atom. The van der Waals surface area contributed by atoms with Crippen molar-refractivity contribution < 1.29 is 44.1 Å². The lowest BCUT2D eigenvalue weighted by molar-refractivity contribution is -0.143. The molecule has 34 heavy (non-hydrogen) atoms. The topological polar surface area (TPSA) is 316 Å². The van der Waals surface area contributed by atoms with E-state index in [1.165, 1.54) is 0 Å². The van der Waals surface area contributed by atoms with Crippen molar-refractivity contribution in [1.29, 1.82) is 0 Å². The van der Waals surface area contributed by atoms with Crippen molar-refractivity contribution in [2.75, 3.05) is 13.2 Å². The lowest BCUT2D eigenvalue weighted by atomic mass is 10.1. The SMILES string of the molecule is NC(=O)CC(NC(=O)C(CCCN=C(N)N)NC(=O)C(CO)NC(=O)C(N)CC(=O)O)C(=O)O. The molecule has 0 aromatic carbocycles. The second-order valence-electron chi connectivity index (χ2n) is 7.03. The molecule has 0 aromatic heterocycles. The van der Waals surface area contributed by atoms with Crippen molar-refractivity contribution in [3.8, 4) is 0 Å². The summed E-state index contributed by atoms with van der Waals surface area (Å²) >= 11 is 0. The Hall–Kier alpha value is -3.99. The second kappa shape index (κ2) is 15.0. The maximum Gasteiger partial charge on any atom is 0.326 e. The van der Waals surface area contributed by atoms with Gasteiger partial charge in [0.2, 0.25) is 23.6 Å². The van der Waals surface area contributed by atoms with Crippen LogP contribution in [0, 0.1) is 0 Å². The first kappa shape index (κ1) is 30.0. The molecule has 4 atom stereocenters. The Morgan fingerprint density at radius 2 is 1.32 bits per heavy atom. The van der Waals surface area contributed by atoms with E-state index in [1.807, 2.05) is 0 Å². The van der Waals surface area contributed by atoms with E-state index >= 15 is 0 Å². The molecule has 4 unspecified atom stereocenters. The standard InChI is InChI=1S/C17H30N8O9/c18-7(4-12(28)29)13(30)25-10(6-26)15(32)23-8(2-1-3-22-17(20)21)14(31)24-9(16(33)34)5-11(19)27/h7-10,26H,1-6,18H2,(H2,19,27)(H,23,32)(H,24,31)(H,25,30)(H,28,29)(H,33,34)(H4,20,21,22). The van der Waals surface area contributed by atoms with Crippen LogP contribution in [0.4, 0.5) is 0 Å². The molecule has 0 aromatic rings. The smallest absolute Gasteiger partial charge is 0.326 e. The fraction of sp³-hybridized carbons (Fsp3) is 0.588. The van der Waals surface area contributed by atoms with Gasteiger partial charge in [0.05, 0.1) is 25.5 Å². The summed E-state index contributed by atoms with van der Waals surface area (Å²) in [4.78, 5) is 73.8. The van der Waals surface area contributed by atoms with Gasteiger partial charge in [-0.15, -0.1) is 0 Å². The number of carbonyl (C=O) groups is 6. The van der Waals surface area contributed by atoms with Crippen LogP contribution in [0.15, 0.2) is 4.99 Å². The van der Waals surface area contributed by atoms with E-state index in [9.17, 15) is 33.9 Å². The lowest BCUT2D eigenvalue weighted by Gasteiger charge is -2.24. The number of carbonyl (C=O) groups excluding carboxylic acids is 4. The van der Waals surface area contributed by atoms with E-state index in [-0.39, 0.29) is 25.3 Å². The highest BCUT2D eigenvalue weighted by Gasteiger charge is 2.30. The molecule has 0 bridgehead atoms. The third kappa shape index (κ3) is 12.2. The number of aliphatic imine (C=N–C) groups is 1. The van der Waals surface area contributed by atoms with E-state index in [2.05, 4.69) is 20.9 Å². The number of primary amides is 1. The van der Waals surface area contributed by atoms with Crippen LogP contribution in [-0.2, 0) is 28.8 Å². The number of aliphatic hydroxyl groups is 1. The highest BCUT2D eigenvalue weighted by Crippen LogP contribution is 2.03. The largest absolute Gasteiger partial charge is 0.481 e. The quantitative estimate of drug-likeness (QED) is 0.0549. The Labute approximate surface area is 193 Å². The molecule has 0 aliphatic heterocycles. The van der Waals surface area contributed by atoms with Crippen molar-refractivity contribution in [2.45, 2.75) is 49.9 Å². The molecule has 0 rings (SSSR count). The van der Waals surface area contributed by atoms with Crippen LogP contribution in [0.5, 0.6) is 0 Å². The van der Waals surface area contributed by atoms with Gasteiger partial charge in [-0.1, -0.05) is 0 Å². The molecule has 17 heteroatoms. The number of nitrogens with two attached hydrogens (primary N) is 4. The predicted molar refractivity (Wildman–Crippen MR) is 114 cm³/mol. The number of nitrogens with zero attached hydrogens (tertiary/aromatic N) is 1. The van der Waals surface area contributed by atoms with Gasteiger partial charge in [0.25, 0.3) is 0 Å². The van der Waals surface area contributed by atoms with E-state index < -0.39 is 79.2 Å². The minimum Gasteiger partial charge on any atom is -0.481 e. The first-order valence-corrected chi connectivity index (χ1v) is 9.84. The van der Waals surface area contributed by atoms with Gasteiger partial charge >= 0.3 is 11.9 Å². The van der Waals surface area contributed by atoms with Gasteiger partial charge in [0, 0.05) is 6.54 Å². The third-order valence-corrected chi connectivity index (χ3v) is 4.15. The highest BCUT2D eigenvalue weighted by atomic mass is 16.4. The monoisotopic (exact) mass is 490 g/mol. The van der Waals surface area contributed by atoms with Crippen LogP contribution in [0.1, 0.15) is 25.7 Å². The molecule has 0 radical (unpaired) electrons. The molecular weight excluding hydrogens is 460 g/mol.